The molecule has 4 heteroatoms. The number of hydrogen-bond acceptors (Lipinski definition) is 3. The zero-order valence-corrected chi connectivity index (χ0v) is 11.3. The van der Waals surface area contributed by atoms with Crippen molar-refractivity contribution in [3.8, 4) is 0 Å². The van der Waals surface area contributed by atoms with Crippen molar-refractivity contribution in [2.45, 2.75) is 39.2 Å². The van der Waals surface area contributed by atoms with Crippen molar-refractivity contribution in [1.29, 1.82) is 0 Å². The molecule has 1 amide bonds. The second-order valence-corrected chi connectivity index (χ2v) is 5.54. The smallest absolute Gasteiger partial charge is 0.239 e. The predicted molar refractivity (Wildman–Crippen MR) is 68.6 cm³/mol. The van der Waals surface area contributed by atoms with E-state index in [1.165, 1.54) is 0 Å². The molecule has 2 N–H and O–H groups in total. The van der Waals surface area contributed by atoms with Crippen LogP contribution in [0.15, 0.2) is 0 Å². The molecule has 0 aliphatic carbocycles. The molecule has 1 heterocycles. The van der Waals surface area contributed by atoms with Gasteiger partial charge in [-0.05, 0) is 31.1 Å². The number of likely N-dealkylation sites (N-methyl/N-ethyl adjacent to an activating group) is 1. The highest BCUT2D eigenvalue weighted by Gasteiger charge is 2.22. The minimum atomic E-state index is -0.357. The standard InChI is InChI=1S/C13H26N2O2/c1-10(2)7-12(14)13(16)15(3)8-11-5-4-6-17-9-11/h10-12H,4-9,14H2,1-3H3/t11?,12-/m0/s1. The molecule has 0 aromatic rings. The van der Waals surface area contributed by atoms with Crippen molar-refractivity contribution in [2.24, 2.45) is 17.6 Å². The molecule has 1 fully saturated rings. The summed E-state index contributed by atoms with van der Waals surface area (Å²) in [5.41, 5.74) is 5.90. The van der Waals surface area contributed by atoms with E-state index in [-0.39, 0.29) is 11.9 Å². The lowest BCUT2D eigenvalue weighted by molar-refractivity contribution is -0.132. The van der Waals surface area contributed by atoms with Gasteiger partial charge >= 0.3 is 0 Å². The molecule has 2 atom stereocenters. The van der Waals surface area contributed by atoms with E-state index in [2.05, 4.69) is 13.8 Å². The number of hydrogen-bond donors (Lipinski definition) is 1. The Bertz CT molecular complexity index is 238. The van der Waals surface area contributed by atoms with Gasteiger partial charge in [-0.25, -0.2) is 0 Å². The van der Waals surface area contributed by atoms with Crippen LogP contribution in [-0.4, -0.2) is 43.7 Å². The Labute approximate surface area is 104 Å². The predicted octanol–water partition coefficient (Wildman–Crippen LogP) is 1.24. The lowest BCUT2D eigenvalue weighted by Gasteiger charge is -2.29. The second-order valence-electron chi connectivity index (χ2n) is 5.54. The largest absolute Gasteiger partial charge is 0.381 e. The number of nitrogens with two attached hydrogens (primary N) is 1. The summed E-state index contributed by atoms with van der Waals surface area (Å²) in [6.07, 6.45) is 3.01. The van der Waals surface area contributed by atoms with Gasteiger partial charge in [-0.3, -0.25) is 4.79 Å². The van der Waals surface area contributed by atoms with Crippen LogP contribution in [0.5, 0.6) is 0 Å². The van der Waals surface area contributed by atoms with Crippen molar-refractivity contribution in [2.75, 3.05) is 26.8 Å². The van der Waals surface area contributed by atoms with E-state index in [0.717, 1.165) is 39.0 Å². The van der Waals surface area contributed by atoms with Gasteiger partial charge in [0, 0.05) is 20.2 Å². The van der Waals surface area contributed by atoms with Crippen LogP contribution >= 0.6 is 0 Å². The SMILES string of the molecule is CC(C)C[C@H](N)C(=O)N(C)CC1CCCOC1. The van der Waals surface area contributed by atoms with Gasteiger partial charge in [-0.2, -0.15) is 0 Å². The Balaban J connectivity index is 2.34. The first kappa shape index (κ1) is 14.5. The summed E-state index contributed by atoms with van der Waals surface area (Å²) in [6.45, 7) is 6.58. The van der Waals surface area contributed by atoms with E-state index in [9.17, 15) is 4.79 Å². The van der Waals surface area contributed by atoms with Crippen LogP contribution in [-0.2, 0) is 9.53 Å². The molecule has 4 nitrogen and oxygen atoms in total. The van der Waals surface area contributed by atoms with E-state index < -0.39 is 0 Å². The zero-order chi connectivity index (χ0) is 12.8. The third-order valence-corrected chi connectivity index (χ3v) is 3.21. The van der Waals surface area contributed by atoms with Crippen LogP contribution in [0.3, 0.4) is 0 Å². The molecule has 1 saturated heterocycles. The van der Waals surface area contributed by atoms with Crippen molar-refractivity contribution >= 4 is 5.91 Å². The third kappa shape index (κ3) is 5.04. The van der Waals surface area contributed by atoms with Gasteiger partial charge in [0.2, 0.25) is 5.91 Å². The second kappa shape index (κ2) is 6.97. The molecule has 1 aliphatic heterocycles. The highest BCUT2D eigenvalue weighted by Crippen LogP contribution is 2.15. The van der Waals surface area contributed by atoms with Crippen LogP contribution in [0.25, 0.3) is 0 Å². The molecule has 1 aliphatic rings. The molecule has 0 aromatic heterocycles. The molecule has 0 radical (unpaired) electrons. The van der Waals surface area contributed by atoms with Crippen LogP contribution in [0.2, 0.25) is 0 Å². The number of nitrogens with zero attached hydrogens (tertiary/aromatic N) is 1. The average Bonchev–Trinajstić information content (AvgIpc) is 2.28. The minimum absolute atomic E-state index is 0.0595. The van der Waals surface area contributed by atoms with Crippen LogP contribution in [0, 0.1) is 11.8 Å². The van der Waals surface area contributed by atoms with Crippen LogP contribution in [0.4, 0.5) is 0 Å². The minimum Gasteiger partial charge on any atom is -0.381 e. The van der Waals surface area contributed by atoms with Gasteiger partial charge in [0.05, 0.1) is 12.6 Å². The molecular weight excluding hydrogens is 216 g/mol. The van der Waals surface area contributed by atoms with Gasteiger partial charge in [0.1, 0.15) is 0 Å². The normalized spacial score (nSPS) is 22.5. The number of amides is 1. The van der Waals surface area contributed by atoms with E-state index >= 15 is 0 Å². The molecule has 100 valence electrons. The van der Waals surface area contributed by atoms with Gasteiger partial charge in [0.25, 0.3) is 0 Å². The summed E-state index contributed by atoms with van der Waals surface area (Å²) >= 11 is 0. The summed E-state index contributed by atoms with van der Waals surface area (Å²) in [4.78, 5) is 13.8. The van der Waals surface area contributed by atoms with E-state index in [1.807, 2.05) is 7.05 Å². The average molecular weight is 242 g/mol. The highest BCUT2D eigenvalue weighted by molar-refractivity contribution is 5.81. The molecule has 1 unspecified atom stereocenters. The number of rotatable bonds is 5. The molecule has 0 bridgehead atoms. The molecule has 17 heavy (non-hydrogen) atoms. The van der Waals surface area contributed by atoms with Gasteiger partial charge < -0.3 is 15.4 Å². The molecular formula is C13H26N2O2. The third-order valence-electron chi connectivity index (χ3n) is 3.21. The molecule has 0 aromatic carbocycles. The van der Waals surface area contributed by atoms with Crippen molar-refractivity contribution in [3.05, 3.63) is 0 Å². The molecule has 0 spiro atoms. The fourth-order valence-electron chi connectivity index (χ4n) is 2.32. The number of carbonyl (C=O) groups excluding carboxylic acids is 1. The maximum Gasteiger partial charge on any atom is 0.239 e. The van der Waals surface area contributed by atoms with Gasteiger partial charge in [-0.15, -0.1) is 0 Å². The zero-order valence-electron chi connectivity index (χ0n) is 11.3. The fraction of sp³-hybridized carbons (Fsp3) is 0.923. The number of ether oxygens (including phenoxy) is 1. The van der Waals surface area contributed by atoms with Gasteiger partial charge in [0.15, 0.2) is 0 Å². The first-order valence-corrected chi connectivity index (χ1v) is 6.59. The van der Waals surface area contributed by atoms with E-state index in [0.29, 0.717) is 11.8 Å². The Morgan fingerprint density at radius 1 is 1.53 bits per heavy atom. The van der Waals surface area contributed by atoms with E-state index in [1.54, 1.807) is 4.90 Å². The molecule has 1 rings (SSSR count). The monoisotopic (exact) mass is 242 g/mol. The van der Waals surface area contributed by atoms with Crippen molar-refractivity contribution < 1.29 is 9.53 Å². The fourth-order valence-corrected chi connectivity index (χ4v) is 2.32. The maximum absolute atomic E-state index is 12.0. The quantitative estimate of drug-likeness (QED) is 0.789. The summed E-state index contributed by atoms with van der Waals surface area (Å²) in [5, 5.41) is 0. The first-order chi connectivity index (χ1) is 8.00. The summed E-state index contributed by atoms with van der Waals surface area (Å²) in [7, 11) is 1.84. The topological polar surface area (TPSA) is 55.6 Å². The molecule has 0 saturated carbocycles. The maximum atomic E-state index is 12.0. The Kier molecular flexibility index (Phi) is 5.92. The van der Waals surface area contributed by atoms with Crippen LogP contribution < -0.4 is 5.73 Å². The van der Waals surface area contributed by atoms with Crippen molar-refractivity contribution in [1.82, 2.24) is 4.90 Å². The van der Waals surface area contributed by atoms with Crippen molar-refractivity contribution in [3.63, 3.8) is 0 Å². The number of carbonyl (C=O) groups is 1. The first-order valence-electron chi connectivity index (χ1n) is 6.59. The summed E-state index contributed by atoms with van der Waals surface area (Å²) in [5.74, 6) is 0.994. The van der Waals surface area contributed by atoms with Crippen LogP contribution in [0.1, 0.15) is 33.1 Å². The lowest BCUT2D eigenvalue weighted by atomic mass is 10.0. The highest BCUT2D eigenvalue weighted by atomic mass is 16.5. The Hall–Kier alpha value is -0.610. The summed E-state index contributed by atoms with van der Waals surface area (Å²) in [6, 6.07) is -0.357. The summed E-state index contributed by atoms with van der Waals surface area (Å²) < 4.78 is 5.42. The van der Waals surface area contributed by atoms with E-state index in [4.69, 9.17) is 10.5 Å². The van der Waals surface area contributed by atoms with Gasteiger partial charge in [-0.1, -0.05) is 13.8 Å². The lowest BCUT2D eigenvalue weighted by Crippen LogP contribution is -2.45. The Morgan fingerprint density at radius 3 is 2.76 bits per heavy atom. The Morgan fingerprint density at radius 2 is 2.24 bits per heavy atom.